The highest BCUT2D eigenvalue weighted by Crippen LogP contribution is 2.22. The third-order valence-corrected chi connectivity index (χ3v) is 3.50. The van der Waals surface area contributed by atoms with Crippen molar-refractivity contribution in [2.24, 2.45) is 0 Å². The number of esters is 2. The molecule has 21 heavy (non-hydrogen) atoms. The minimum atomic E-state index is -0.438. The molecule has 0 aromatic carbocycles. The number of carbonyl (C=O) groups excluding carboxylic acids is 3. The van der Waals surface area contributed by atoms with Gasteiger partial charge in [-0.15, -0.1) is 0 Å². The maximum absolute atomic E-state index is 11.8. The molecule has 6 heteroatoms. The summed E-state index contributed by atoms with van der Waals surface area (Å²) in [6.07, 6.45) is 4.67. The summed E-state index contributed by atoms with van der Waals surface area (Å²) in [6.45, 7) is 3.97. The van der Waals surface area contributed by atoms with E-state index < -0.39 is 6.04 Å². The Morgan fingerprint density at radius 1 is 1.43 bits per heavy atom. The second-order valence-electron chi connectivity index (χ2n) is 4.88. The van der Waals surface area contributed by atoms with Crippen LogP contribution in [0, 0.1) is 0 Å². The van der Waals surface area contributed by atoms with Gasteiger partial charge in [0.05, 0.1) is 13.7 Å². The van der Waals surface area contributed by atoms with E-state index in [1.54, 1.807) is 13.1 Å². The maximum atomic E-state index is 11.8. The zero-order valence-electron chi connectivity index (χ0n) is 12.8. The van der Waals surface area contributed by atoms with E-state index in [0.29, 0.717) is 25.9 Å². The van der Waals surface area contributed by atoms with E-state index in [1.165, 1.54) is 13.2 Å². The molecule has 0 bridgehead atoms. The smallest absolute Gasteiger partial charge is 0.328 e. The molecule has 0 amide bonds. The number of ketones is 1. The van der Waals surface area contributed by atoms with Crippen LogP contribution in [0.25, 0.3) is 0 Å². The first kappa shape index (κ1) is 17.2. The average Bonchev–Trinajstić information content (AvgIpc) is 2.47. The van der Waals surface area contributed by atoms with Gasteiger partial charge in [-0.2, -0.15) is 0 Å². The monoisotopic (exact) mass is 297 g/mol. The molecule has 118 valence electrons. The van der Waals surface area contributed by atoms with Crippen LogP contribution in [0.2, 0.25) is 0 Å². The first-order valence-corrected chi connectivity index (χ1v) is 7.25. The summed E-state index contributed by atoms with van der Waals surface area (Å²) in [5, 5.41) is 0. The van der Waals surface area contributed by atoms with Crippen LogP contribution in [0.3, 0.4) is 0 Å². The maximum Gasteiger partial charge on any atom is 0.328 e. The molecule has 1 aliphatic heterocycles. The zero-order valence-corrected chi connectivity index (χ0v) is 12.8. The molecular weight excluding hydrogens is 274 g/mol. The van der Waals surface area contributed by atoms with Crippen molar-refractivity contribution in [3.63, 3.8) is 0 Å². The van der Waals surface area contributed by atoms with Crippen LogP contribution < -0.4 is 0 Å². The zero-order chi connectivity index (χ0) is 15.8. The van der Waals surface area contributed by atoms with Gasteiger partial charge in [0.2, 0.25) is 0 Å². The van der Waals surface area contributed by atoms with Crippen LogP contribution in [0.5, 0.6) is 0 Å². The van der Waals surface area contributed by atoms with Crippen molar-refractivity contribution >= 4 is 17.7 Å². The van der Waals surface area contributed by atoms with Gasteiger partial charge in [-0.25, -0.2) is 4.79 Å². The Bertz CT molecular complexity index is 418. The second kappa shape index (κ2) is 8.44. The summed E-state index contributed by atoms with van der Waals surface area (Å²) < 4.78 is 9.70. The number of hydrogen-bond acceptors (Lipinski definition) is 6. The van der Waals surface area contributed by atoms with E-state index >= 15 is 0 Å². The van der Waals surface area contributed by atoms with Gasteiger partial charge in [-0.1, -0.05) is 6.92 Å². The molecule has 0 N–H and O–H groups in total. The minimum Gasteiger partial charge on any atom is -0.467 e. The topological polar surface area (TPSA) is 72.9 Å². The fraction of sp³-hybridized carbons (Fsp3) is 0.667. The molecule has 6 nitrogen and oxygen atoms in total. The molecule has 0 radical (unpaired) electrons. The second-order valence-corrected chi connectivity index (χ2v) is 4.88. The highest BCUT2D eigenvalue weighted by molar-refractivity contribution is 5.91. The molecule has 0 unspecified atom stereocenters. The quantitative estimate of drug-likeness (QED) is 0.662. The van der Waals surface area contributed by atoms with Crippen molar-refractivity contribution in [2.45, 2.75) is 51.6 Å². The number of ether oxygens (including phenoxy) is 2. The lowest BCUT2D eigenvalue weighted by Gasteiger charge is -2.37. The minimum absolute atomic E-state index is 0.000159. The summed E-state index contributed by atoms with van der Waals surface area (Å²) in [5.74, 6) is -0.622. The van der Waals surface area contributed by atoms with Gasteiger partial charge in [0, 0.05) is 25.1 Å². The molecule has 0 aromatic heterocycles. The van der Waals surface area contributed by atoms with Gasteiger partial charge in [0.1, 0.15) is 6.04 Å². The lowest BCUT2D eigenvalue weighted by Crippen LogP contribution is -2.47. The van der Waals surface area contributed by atoms with Crippen molar-refractivity contribution in [1.29, 1.82) is 0 Å². The highest BCUT2D eigenvalue weighted by Gasteiger charge is 2.32. The molecule has 1 heterocycles. The number of rotatable bonds is 7. The Balaban J connectivity index is 2.77. The summed E-state index contributed by atoms with van der Waals surface area (Å²) in [6, 6.07) is -0.623. The Morgan fingerprint density at radius 2 is 2.14 bits per heavy atom. The van der Waals surface area contributed by atoms with Crippen LogP contribution in [0.4, 0.5) is 0 Å². The van der Waals surface area contributed by atoms with Crippen molar-refractivity contribution in [3.8, 4) is 0 Å². The van der Waals surface area contributed by atoms with Gasteiger partial charge >= 0.3 is 11.9 Å². The molecule has 0 aliphatic carbocycles. The lowest BCUT2D eigenvalue weighted by molar-refractivity contribution is -0.147. The van der Waals surface area contributed by atoms with E-state index in [2.05, 4.69) is 0 Å². The summed E-state index contributed by atoms with van der Waals surface area (Å²) in [4.78, 5) is 36.7. The van der Waals surface area contributed by atoms with Gasteiger partial charge in [-0.3, -0.25) is 9.59 Å². The SMILES string of the molecule is CCOC(=O)CC[C@H]1CC(=O)C=CN1[C@@H](CC)C(=O)OC. The van der Waals surface area contributed by atoms with Gasteiger partial charge in [0.15, 0.2) is 5.78 Å². The molecule has 1 aliphatic rings. The van der Waals surface area contributed by atoms with Gasteiger partial charge in [0.25, 0.3) is 0 Å². The summed E-state index contributed by atoms with van der Waals surface area (Å²) in [7, 11) is 1.34. The fourth-order valence-corrected chi connectivity index (χ4v) is 2.46. The van der Waals surface area contributed by atoms with E-state index in [4.69, 9.17) is 9.47 Å². The highest BCUT2D eigenvalue weighted by atomic mass is 16.5. The Hall–Kier alpha value is -1.85. The van der Waals surface area contributed by atoms with E-state index in [-0.39, 0.29) is 30.2 Å². The predicted molar refractivity (Wildman–Crippen MR) is 76.4 cm³/mol. The van der Waals surface area contributed by atoms with Crippen molar-refractivity contribution in [3.05, 3.63) is 12.3 Å². The molecule has 0 spiro atoms. The van der Waals surface area contributed by atoms with Crippen LogP contribution in [-0.2, 0) is 23.9 Å². The van der Waals surface area contributed by atoms with Crippen LogP contribution in [0.1, 0.15) is 39.5 Å². The molecule has 1 rings (SSSR count). The van der Waals surface area contributed by atoms with E-state index in [1.807, 2.05) is 11.8 Å². The molecule has 0 saturated heterocycles. The number of methoxy groups -OCH3 is 1. The Labute approximate surface area is 125 Å². The fourth-order valence-electron chi connectivity index (χ4n) is 2.46. The van der Waals surface area contributed by atoms with Crippen molar-refractivity contribution in [1.82, 2.24) is 4.90 Å². The average molecular weight is 297 g/mol. The van der Waals surface area contributed by atoms with Gasteiger partial charge < -0.3 is 14.4 Å². The Kier molecular flexibility index (Phi) is 6.91. The number of allylic oxidation sites excluding steroid dienone is 1. The predicted octanol–water partition coefficient (Wildman–Crippen LogP) is 1.44. The van der Waals surface area contributed by atoms with Crippen molar-refractivity contribution in [2.75, 3.05) is 13.7 Å². The summed E-state index contributed by atoms with van der Waals surface area (Å²) in [5.41, 5.74) is 0. The molecule has 2 atom stereocenters. The molecule has 0 fully saturated rings. The normalized spacial score (nSPS) is 19.3. The molecular formula is C15H23NO5. The molecule has 0 aromatic rings. The summed E-state index contributed by atoms with van der Waals surface area (Å²) >= 11 is 0. The lowest BCUT2D eigenvalue weighted by atomic mass is 9.97. The number of carbonyl (C=O) groups is 3. The van der Waals surface area contributed by atoms with E-state index in [9.17, 15) is 14.4 Å². The molecule has 0 saturated carbocycles. The van der Waals surface area contributed by atoms with Gasteiger partial charge in [-0.05, 0) is 25.8 Å². The van der Waals surface area contributed by atoms with Crippen LogP contribution >= 0.6 is 0 Å². The largest absolute Gasteiger partial charge is 0.467 e. The Morgan fingerprint density at radius 3 is 2.71 bits per heavy atom. The standard InChI is InChI=1S/C15H23NO5/c1-4-13(15(19)20-3)16-9-8-12(17)10-11(16)6-7-14(18)21-5-2/h8-9,11,13H,4-7,10H2,1-3H3/t11-,13-/m0/s1. The van der Waals surface area contributed by atoms with E-state index in [0.717, 1.165) is 0 Å². The number of nitrogens with zero attached hydrogens (tertiary/aromatic N) is 1. The third kappa shape index (κ3) is 4.88. The van der Waals surface area contributed by atoms with Crippen LogP contribution in [-0.4, -0.2) is 48.4 Å². The number of hydrogen-bond donors (Lipinski definition) is 0. The first-order valence-electron chi connectivity index (χ1n) is 7.25. The van der Waals surface area contributed by atoms with Crippen molar-refractivity contribution < 1.29 is 23.9 Å². The van der Waals surface area contributed by atoms with Crippen LogP contribution in [0.15, 0.2) is 12.3 Å². The first-order chi connectivity index (χ1) is 10.0. The third-order valence-electron chi connectivity index (χ3n) is 3.50.